The molecule has 0 spiro atoms. The van der Waals surface area contributed by atoms with Crippen molar-refractivity contribution < 1.29 is 28.5 Å². The van der Waals surface area contributed by atoms with Crippen LogP contribution < -0.4 is 0 Å². The minimum absolute atomic E-state index is 0.0807. The van der Waals surface area contributed by atoms with Crippen molar-refractivity contribution in [1.82, 2.24) is 9.80 Å². The Morgan fingerprint density at radius 1 is 0.556 bits per heavy atom. The van der Waals surface area contributed by atoms with E-state index in [0.717, 1.165) is 64.7 Å². The van der Waals surface area contributed by atoms with Gasteiger partial charge in [-0.3, -0.25) is 9.59 Å². The summed E-state index contributed by atoms with van der Waals surface area (Å²) >= 11 is 0. The van der Waals surface area contributed by atoms with E-state index >= 15 is 0 Å². The number of likely N-dealkylation sites (tertiary alicyclic amines) is 1. The maximum Gasteiger partial charge on any atom is 0.307 e. The lowest BCUT2D eigenvalue weighted by Crippen LogP contribution is -2.32. The van der Waals surface area contributed by atoms with Crippen molar-refractivity contribution in [3.8, 4) is 0 Å². The Balaban J connectivity index is 2.26. The van der Waals surface area contributed by atoms with E-state index in [1.807, 2.05) is 0 Å². The van der Waals surface area contributed by atoms with Gasteiger partial charge in [0.25, 0.3) is 0 Å². The molecule has 1 aliphatic rings. The standard InChI is InChI=1S/C46H86N2O6/c1-4-7-10-13-14-15-16-17-18-19-20-21-22-23-24-25-34-48(38-30-37-47-35-26-27-36-47)39-33-45(50)52-43-42-51-44(49)31-32-46(53-40-28-11-8-5-2)54-41-29-12-9-6-3/h14-15,17-18,46H,4-13,16,19-43H2,1-3H3/b15-14-,18-17-. The lowest BCUT2D eigenvalue weighted by atomic mass is 10.1. The maximum absolute atomic E-state index is 12.6. The molecule has 0 saturated carbocycles. The monoisotopic (exact) mass is 763 g/mol. The number of nitrogens with zero attached hydrogens (tertiary/aromatic N) is 2. The Morgan fingerprint density at radius 3 is 1.67 bits per heavy atom. The topological polar surface area (TPSA) is 77.5 Å². The summed E-state index contributed by atoms with van der Waals surface area (Å²) in [5, 5.41) is 0. The number of hydrogen-bond donors (Lipinski definition) is 0. The normalized spacial score (nSPS) is 13.7. The number of carbonyl (C=O) groups is 2. The predicted octanol–water partition coefficient (Wildman–Crippen LogP) is 11.4. The molecule has 0 aliphatic carbocycles. The molecule has 8 heteroatoms. The minimum Gasteiger partial charge on any atom is -0.462 e. The van der Waals surface area contributed by atoms with Gasteiger partial charge in [0.15, 0.2) is 6.29 Å². The van der Waals surface area contributed by atoms with Crippen molar-refractivity contribution >= 4 is 11.9 Å². The molecular weight excluding hydrogens is 677 g/mol. The summed E-state index contributed by atoms with van der Waals surface area (Å²) in [5.74, 6) is -0.529. The van der Waals surface area contributed by atoms with E-state index in [0.29, 0.717) is 26.1 Å². The van der Waals surface area contributed by atoms with Crippen LogP contribution in [-0.2, 0) is 28.5 Å². The molecule has 1 rings (SSSR count). The first kappa shape index (κ1) is 50.3. The van der Waals surface area contributed by atoms with E-state index in [2.05, 4.69) is 54.9 Å². The fourth-order valence-electron chi connectivity index (χ4n) is 6.83. The fourth-order valence-corrected chi connectivity index (χ4v) is 6.83. The molecule has 0 aromatic carbocycles. The molecule has 54 heavy (non-hydrogen) atoms. The highest BCUT2D eigenvalue weighted by Crippen LogP contribution is 2.13. The highest BCUT2D eigenvalue weighted by atomic mass is 16.7. The number of carbonyl (C=O) groups excluding carboxylic acids is 2. The Kier molecular flexibility index (Phi) is 36.8. The largest absolute Gasteiger partial charge is 0.462 e. The van der Waals surface area contributed by atoms with E-state index in [1.54, 1.807) is 0 Å². The first-order valence-electron chi connectivity index (χ1n) is 22.9. The van der Waals surface area contributed by atoms with Gasteiger partial charge >= 0.3 is 11.9 Å². The second kappa shape index (κ2) is 39.5. The first-order chi connectivity index (χ1) is 26.6. The second-order valence-electron chi connectivity index (χ2n) is 15.4. The maximum atomic E-state index is 12.6. The number of hydrogen-bond acceptors (Lipinski definition) is 8. The van der Waals surface area contributed by atoms with Crippen LogP contribution in [0.25, 0.3) is 0 Å². The molecule has 1 aliphatic heterocycles. The number of ether oxygens (including phenoxy) is 4. The predicted molar refractivity (Wildman–Crippen MR) is 226 cm³/mol. The summed E-state index contributed by atoms with van der Waals surface area (Å²) in [6.07, 6.45) is 37.9. The summed E-state index contributed by atoms with van der Waals surface area (Å²) in [4.78, 5) is 30.1. The minimum atomic E-state index is -0.382. The molecule has 1 fully saturated rings. The number of rotatable bonds is 40. The number of unbranched alkanes of at least 4 members (excludes halogenated alkanes) is 15. The summed E-state index contributed by atoms with van der Waals surface area (Å²) in [7, 11) is 0. The lowest BCUT2D eigenvalue weighted by molar-refractivity contribution is -0.161. The Hall–Kier alpha value is -1.74. The average molecular weight is 763 g/mol. The van der Waals surface area contributed by atoms with Crippen molar-refractivity contribution in [3.63, 3.8) is 0 Å². The molecule has 8 nitrogen and oxygen atoms in total. The van der Waals surface area contributed by atoms with Gasteiger partial charge in [0.1, 0.15) is 13.2 Å². The molecule has 0 aromatic heterocycles. The van der Waals surface area contributed by atoms with Gasteiger partial charge in [-0.15, -0.1) is 0 Å². The average Bonchev–Trinajstić information content (AvgIpc) is 3.70. The van der Waals surface area contributed by atoms with Crippen LogP contribution in [0.2, 0.25) is 0 Å². The Labute approximate surface area is 333 Å². The van der Waals surface area contributed by atoms with Crippen molar-refractivity contribution in [1.29, 1.82) is 0 Å². The van der Waals surface area contributed by atoms with Crippen molar-refractivity contribution in [2.24, 2.45) is 0 Å². The zero-order valence-electron chi connectivity index (χ0n) is 35.7. The van der Waals surface area contributed by atoms with Crippen molar-refractivity contribution in [2.45, 2.75) is 194 Å². The molecule has 316 valence electrons. The summed E-state index contributed by atoms with van der Waals surface area (Å²) < 4.78 is 22.8. The SMILES string of the molecule is CCCCC/C=C\C/C=C\CCCCCCCCN(CCCN1CCCC1)CCC(=O)OCCOC(=O)CCC(OCCCCCC)OCCCCCC. The molecule has 1 heterocycles. The third kappa shape index (κ3) is 33.6. The highest BCUT2D eigenvalue weighted by Gasteiger charge is 2.15. The van der Waals surface area contributed by atoms with Crippen LogP contribution in [0.5, 0.6) is 0 Å². The van der Waals surface area contributed by atoms with Gasteiger partial charge in [-0.1, -0.05) is 122 Å². The molecule has 0 atom stereocenters. The summed E-state index contributed by atoms with van der Waals surface area (Å²) in [5.41, 5.74) is 0. The van der Waals surface area contributed by atoms with Crippen LogP contribution in [0.3, 0.4) is 0 Å². The van der Waals surface area contributed by atoms with Crippen LogP contribution in [0.15, 0.2) is 24.3 Å². The van der Waals surface area contributed by atoms with Gasteiger partial charge in [0.05, 0.1) is 12.8 Å². The van der Waals surface area contributed by atoms with Gasteiger partial charge in [-0.05, 0) is 103 Å². The van der Waals surface area contributed by atoms with Crippen molar-refractivity contribution in [2.75, 3.05) is 65.7 Å². The lowest BCUT2D eigenvalue weighted by Gasteiger charge is -2.23. The van der Waals surface area contributed by atoms with Crippen LogP contribution in [0, 0.1) is 0 Å². The Bertz CT molecular complexity index is 876. The van der Waals surface area contributed by atoms with Gasteiger partial charge < -0.3 is 28.7 Å². The summed E-state index contributed by atoms with van der Waals surface area (Å²) in [6, 6.07) is 0. The van der Waals surface area contributed by atoms with E-state index in [9.17, 15) is 9.59 Å². The molecular formula is C46H86N2O6. The fraction of sp³-hybridized carbons (Fsp3) is 0.870. The van der Waals surface area contributed by atoms with E-state index in [-0.39, 0.29) is 37.9 Å². The highest BCUT2D eigenvalue weighted by molar-refractivity contribution is 5.70. The zero-order valence-corrected chi connectivity index (χ0v) is 35.7. The molecule has 0 unspecified atom stereocenters. The number of allylic oxidation sites excluding steroid dienone is 4. The van der Waals surface area contributed by atoms with Gasteiger partial charge in [0, 0.05) is 26.2 Å². The van der Waals surface area contributed by atoms with Crippen LogP contribution in [0.4, 0.5) is 0 Å². The van der Waals surface area contributed by atoms with Gasteiger partial charge in [-0.25, -0.2) is 0 Å². The van der Waals surface area contributed by atoms with E-state index in [4.69, 9.17) is 18.9 Å². The second-order valence-corrected chi connectivity index (χ2v) is 15.4. The number of esters is 2. The van der Waals surface area contributed by atoms with Crippen LogP contribution in [-0.4, -0.2) is 93.7 Å². The Morgan fingerprint density at radius 2 is 1.06 bits per heavy atom. The smallest absolute Gasteiger partial charge is 0.307 e. The third-order valence-corrected chi connectivity index (χ3v) is 10.3. The first-order valence-corrected chi connectivity index (χ1v) is 22.9. The molecule has 1 saturated heterocycles. The molecule has 0 aromatic rings. The molecule has 0 radical (unpaired) electrons. The third-order valence-electron chi connectivity index (χ3n) is 10.3. The molecule has 0 N–H and O–H groups in total. The van der Waals surface area contributed by atoms with Crippen molar-refractivity contribution in [3.05, 3.63) is 24.3 Å². The van der Waals surface area contributed by atoms with Crippen LogP contribution >= 0.6 is 0 Å². The zero-order chi connectivity index (χ0) is 39.0. The molecule has 0 amide bonds. The van der Waals surface area contributed by atoms with E-state index in [1.165, 1.54) is 122 Å². The van der Waals surface area contributed by atoms with E-state index < -0.39 is 0 Å². The quantitative estimate of drug-likeness (QED) is 0.0264. The van der Waals surface area contributed by atoms with Gasteiger partial charge in [-0.2, -0.15) is 0 Å². The van der Waals surface area contributed by atoms with Gasteiger partial charge in [0.2, 0.25) is 0 Å². The van der Waals surface area contributed by atoms with Crippen LogP contribution in [0.1, 0.15) is 188 Å². The summed E-state index contributed by atoms with van der Waals surface area (Å²) in [6.45, 7) is 14.5. The molecule has 0 bridgehead atoms.